The van der Waals surface area contributed by atoms with Gasteiger partial charge in [-0.25, -0.2) is 0 Å². The SMILES string of the molecule is CC1(C)c2ccccc2-c2ccc(N(c3ccc4cc5c(cc4c3)oc3ccccc35)c3cccc4c3-c3ccccc3C4(C)C)cc21. The van der Waals surface area contributed by atoms with Crippen molar-refractivity contribution in [2.75, 3.05) is 4.90 Å². The molecular weight excluding hydrogens is 583 g/mol. The van der Waals surface area contributed by atoms with Crippen LogP contribution in [0.15, 0.2) is 144 Å². The van der Waals surface area contributed by atoms with Gasteiger partial charge in [-0.1, -0.05) is 119 Å². The van der Waals surface area contributed by atoms with Crippen molar-refractivity contribution in [2.45, 2.75) is 38.5 Å². The highest BCUT2D eigenvalue weighted by molar-refractivity contribution is 6.10. The molecular formula is C46H35NO. The Bertz CT molecular complexity index is 2630. The molecule has 0 fully saturated rings. The maximum Gasteiger partial charge on any atom is 0.136 e. The Hall–Kier alpha value is -5.60. The van der Waals surface area contributed by atoms with Crippen LogP contribution in [0.1, 0.15) is 49.9 Å². The van der Waals surface area contributed by atoms with Gasteiger partial charge in [-0.05, 0) is 98.2 Å². The number of hydrogen-bond acceptors (Lipinski definition) is 2. The van der Waals surface area contributed by atoms with Gasteiger partial charge in [0.25, 0.3) is 0 Å². The van der Waals surface area contributed by atoms with E-state index in [-0.39, 0.29) is 10.8 Å². The Morgan fingerprint density at radius 3 is 1.94 bits per heavy atom. The van der Waals surface area contributed by atoms with Gasteiger partial charge >= 0.3 is 0 Å². The van der Waals surface area contributed by atoms with Crippen LogP contribution in [-0.2, 0) is 10.8 Å². The minimum atomic E-state index is -0.100. The average molecular weight is 618 g/mol. The van der Waals surface area contributed by atoms with Gasteiger partial charge in [0.15, 0.2) is 0 Å². The first kappa shape index (κ1) is 27.5. The van der Waals surface area contributed by atoms with Crippen molar-refractivity contribution in [3.05, 3.63) is 162 Å². The molecule has 2 nitrogen and oxygen atoms in total. The molecule has 2 aliphatic carbocycles. The number of hydrogen-bond donors (Lipinski definition) is 0. The number of rotatable bonds is 3. The molecule has 0 radical (unpaired) electrons. The summed E-state index contributed by atoms with van der Waals surface area (Å²) in [5.41, 5.74) is 15.9. The highest BCUT2D eigenvalue weighted by Crippen LogP contribution is 2.55. The van der Waals surface area contributed by atoms with Crippen LogP contribution in [-0.4, -0.2) is 0 Å². The third kappa shape index (κ3) is 3.63. The summed E-state index contributed by atoms with van der Waals surface area (Å²) in [6, 6.07) is 51.5. The van der Waals surface area contributed by atoms with Crippen molar-refractivity contribution >= 4 is 49.8 Å². The van der Waals surface area contributed by atoms with E-state index in [1.165, 1.54) is 55.6 Å². The second kappa shape index (κ2) is 9.49. The van der Waals surface area contributed by atoms with E-state index in [1.54, 1.807) is 0 Å². The molecule has 10 rings (SSSR count). The maximum absolute atomic E-state index is 6.34. The molecule has 0 unspecified atom stereocenters. The van der Waals surface area contributed by atoms with Crippen LogP contribution in [0.25, 0.3) is 55.0 Å². The Morgan fingerprint density at radius 1 is 0.438 bits per heavy atom. The normalized spacial score (nSPS) is 15.0. The molecule has 7 aromatic carbocycles. The first-order chi connectivity index (χ1) is 23.3. The van der Waals surface area contributed by atoms with Crippen LogP contribution < -0.4 is 4.90 Å². The van der Waals surface area contributed by atoms with Crippen LogP contribution in [0.5, 0.6) is 0 Å². The molecule has 2 aliphatic rings. The number of nitrogens with zero attached hydrogens (tertiary/aromatic N) is 1. The summed E-state index contributed by atoms with van der Waals surface area (Å²) in [7, 11) is 0. The second-order valence-electron chi connectivity index (χ2n) is 14.6. The van der Waals surface area contributed by atoms with E-state index in [0.717, 1.165) is 38.7 Å². The zero-order valence-electron chi connectivity index (χ0n) is 27.6. The molecule has 230 valence electrons. The monoisotopic (exact) mass is 617 g/mol. The average Bonchev–Trinajstić information content (AvgIpc) is 3.67. The largest absolute Gasteiger partial charge is 0.456 e. The van der Waals surface area contributed by atoms with Gasteiger partial charge in [-0.15, -0.1) is 0 Å². The van der Waals surface area contributed by atoms with Crippen LogP contribution in [0.4, 0.5) is 17.1 Å². The second-order valence-corrected chi connectivity index (χ2v) is 14.6. The molecule has 0 saturated heterocycles. The van der Waals surface area contributed by atoms with Crippen LogP contribution in [0.3, 0.4) is 0 Å². The number of anilines is 3. The molecule has 0 bridgehead atoms. The standard InChI is InChI=1S/C46H35NO/c1-45(2)38-16-9-6-14-35(38)44-39(45)17-11-18-41(44)47(31-22-23-33-32-12-5-8-15-37(32)46(3,4)40(33)27-31)30-21-20-28-25-36-34-13-7-10-19-42(34)48-43(36)26-29(28)24-30/h5-27H,1-4H3. The lowest BCUT2D eigenvalue weighted by molar-refractivity contribution is 0.660. The predicted molar refractivity (Wildman–Crippen MR) is 201 cm³/mol. The van der Waals surface area contributed by atoms with E-state index in [1.807, 2.05) is 6.07 Å². The number of benzene rings is 7. The summed E-state index contributed by atoms with van der Waals surface area (Å²) in [4.78, 5) is 2.48. The van der Waals surface area contributed by atoms with Gasteiger partial charge in [-0.2, -0.15) is 0 Å². The van der Waals surface area contributed by atoms with Crippen LogP contribution >= 0.6 is 0 Å². The first-order valence-electron chi connectivity index (χ1n) is 16.9. The number of furan rings is 1. The van der Waals surface area contributed by atoms with Gasteiger partial charge in [0.05, 0.1) is 5.69 Å². The van der Waals surface area contributed by atoms with Crippen molar-refractivity contribution in [1.82, 2.24) is 0 Å². The molecule has 0 aliphatic heterocycles. The summed E-state index contributed by atoms with van der Waals surface area (Å²) in [6.07, 6.45) is 0. The number of fused-ring (bicyclic) bond motifs is 10. The van der Waals surface area contributed by atoms with Crippen molar-refractivity contribution in [3.8, 4) is 22.3 Å². The molecule has 0 saturated carbocycles. The fourth-order valence-corrected chi connectivity index (χ4v) is 8.78. The Balaban J connectivity index is 1.23. The molecule has 8 aromatic rings. The third-order valence-corrected chi connectivity index (χ3v) is 11.2. The van der Waals surface area contributed by atoms with E-state index in [9.17, 15) is 0 Å². The van der Waals surface area contributed by atoms with Crippen molar-refractivity contribution in [2.24, 2.45) is 0 Å². The van der Waals surface area contributed by atoms with Gasteiger partial charge in [0.1, 0.15) is 11.2 Å². The maximum atomic E-state index is 6.34. The molecule has 1 aromatic heterocycles. The number of para-hydroxylation sites is 1. The Morgan fingerprint density at radius 2 is 1.08 bits per heavy atom. The summed E-state index contributed by atoms with van der Waals surface area (Å²) in [6.45, 7) is 9.43. The zero-order valence-corrected chi connectivity index (χ0v) is 27.6. The fraction of sp³-hybridized carbons (Fsp3) is 0.130. The molecule has 0 atom stereocenters. The van der Waals surface area contributed by atoms with Crippen molar-refractivity contribution < 1.29 is 4.42 Å². The predicted octanol–water partition coefficient (Wildman–Crippen LogP) is 12.8. The van der Waals surface area contributed by atoms with Crippen LogP contribution in [0.2, 0.25) is 0 Å². The van der Waals surface area contributed by atoms with Gasteiger partial charge < -0.3 is 9.32 Å². The van der Waals surface area contributed by atoms with Crippen molar-refractivity contribution in [3.63, 3.8) is 0 Å². The summed E-state index contributed by atoms with van der Waals surface area (Å²) >= 11 is 0. The van der Waals surface area contributed by atoms with E-state index in [2.05, 4.69) is 166 Å². The van der Waals surface area contributed by atoms with E-state index < -0.39 is 0 Å². The summed E-state index contributed by atoms with van der Waals surface area (Å²) in [5.74, 6) is 0. The van der Waals surface area contributed by atoms with E-state index in [4.69, 9.17) is 4.42 Å². The fourth-order valence-electron chi connectivity index (χ4n) is 8.78. The molecule has 48 heavy (non-hydrogen) atoms. The summed E-state index contributed by atoms with van der Waals surface area (Å²) < 4.78 is 6.34. The highest BCUT2D eigenvalue weighted by atomic mass is 16.3. The lowest BCUT2D eigenvalue weighted by atomic mass is 9.82. The smallest absolute Gasteiger partial charge is 0.136 e. The lowest BCUT2D eigenvalue weighted by Crippen LogP contribution is -2.17. The summed E-state index contributed by atoms with van der Waals surface area (Å²) in [5, 5.41) is 4.67. The Kier molecular flexibility index (Phi) is 5.44. The lowest BCUT2D eigenvalue weighted by Gasteiger charge is -2.30. The van der Waals surface area contributed by atoms with E-state index >= 15 is 0 Å². The van der Waals surface area contributed by atoms with Crippen LogP contribution in [0, 0.1) is 0 Å². The highest BCUT2D eigenvalue weighted by Gasteiger charge is 2.39. The van der Waals surface area contributed by atoms with Gasteiger partial charge in [0.2, 0.25) is 0 Å². The zero-order chi connectivity index (χ0) is 32.4. The minimum absolute atomic E-state index is 0.0918. The minimum Gasteiger partial charge on any atom is -0.456 e. The molecule has 1 heterocycles. The third-order valence-electron chi connectivity index (χ3n) is 11.2. The van der Waals surface area contributed by atoms with E-state index in [0.29, 0.717) is 0 Å². The topological polar surface area (TPSA) is 16.4 Å². The molecule has 0 N–H and O–H groups in total. The molecule has 2 heteroatoms. The van der Waals surface area contributed by atoms with Crippen molar-refractivity contribution in [1.29, 1.82) is 0 Å². The first-order valence-corrected chi connectivity index (χ1v) is 16.9. The van der Waals surface area contributed by atoms with Gasteiger partial charge in [0, 0.05) is 38.5 Å². The quantitative estimate of drug-likeness (QED) is 0.196. The molecule has 0 amide bonds. The van der Waals surface area contributed by atoms with Gasteiger partial charge in [-0.3, -0.25) is 0 Å². The molecule has 0 spiro atoms. The Labute approximate surface area is 280 Å².